The molecular weight excluding hydrogens is 456 g/mol. The number of nitrogens with one attached hydrogen (secondary N) is 1. The number of fused-ring (bicyclic) bond motifs is 1. The van der Waals surface area contributed by atoms with E-state index in [4.69, 9.17) is 14.5 Å². The summed E-state index contributed by atoms with van der Waals surface area (Å²) in [5.41, 5.74) is 3.00. The van der Waals surface area contributed by atoms with Gasteiger partial charge in [0.1, 0.15) is 11.6 Å². The first-order valence-corrected chi connectivity index (χ1v) is 12.8. The van der Waals surface area contributed by atoms with Crippen molar-refractivity contribution in [2.24, 2.45) is 13.0 Å². The molecule has 190 valence electrons. The maximum atomic E-state index is 13.8. The number of imidazole rings is 1. The van der Waals surface area contributed by atoms with E-state index in [1.807, 2.05) is 35.6 Å². The molecule has 1 atom stereocenters. The zero-order chi connectivity index (χ0) is 25.2. The molecule has 36 heavy (non-hydrogen) atoms. The molecule has 8 nitrogen and oxygen atoms in total. The summed E-state index contributed by atoms with van der Waals surface area (Å²) in [5, 5.41) is 3.04. The van der Waals surface area contributed by atoms with Crippen molar-refractivity contribution in [3.05, 3.63) is 53.3 Å². The van der Waals surface area contributed by atoms with Crippen LogP contribution in [0.25, 0.3) is 11.0 Å². The largest absolute Gasteiger partial charge is 0.496 e. The highest BCUT2D eigenvalue weighted by atomic mass is 16.5. The van der Waals surface area contributed by atoms with Gasteiger partial charge in [-0.15, -0.1) is 0 Å². The molecule has 5 rings (SSSR count). The number of nitrogens with zero attached hydrogens (tertiary/aromatic N) is 3. The average Bonchev–Trinajstić information content (AvgIpc) is 3.44. The molecule has 1 saturated heterocycles. The molecular formula is C28H34N4O4. The minimum atomic E-state index is -0.299. The average molecular weight is 491 g/mol. The summed E-state index contributed by atoms with van der Waals surface area (Å²) in [5.74, 6) is 1.59. The van der Waals surface area contributed by atoms with Crippen molar-refractivity contribution in [1.82, 2.24) is 14.5 Å². The number of anilines is 1. The van der Waals surface area contributed by atoms with Gasteiger partial charge in [-0.1, -0.05) is 19.1 Å². The van der Waals surface area contributed by atoms with Crippen molar-refractivity contribution in [3.8, 4) is 5.75 Å². The molecule has 1 aliphatic carbocycles. The molecule has 1 N–H and O–H groups in total. The molecule has 0 bridgehead atoms. The second-order valence-electron chi connectivity index (χ2n) is 9.78. The maximum Gasteiger partial charge on any atom is 0.259 e. The Bertz CT molecular complexity index is 1270. The highest BCUT2D eigenvalue weighted by molar-refractivity contribution is 6.11. The molecule has 0 spiro atoms. The van der Waals surface area contributed by atoms with E-state index in [1.54, 1.807) is 31.4 Å². The lowest BCUT2D eigenvalue weighted by Gasteiger charge is -2.26. The SMILES string of the molecule is CCc1nc2cc(C(=O)N(CC3CC3)C[C@@H]3CCCO3)cc(NC(=O)c3ccccc3OC)c2n1C. The van der Waals surface area contributed by atoms with E-state index in [0.29, 0.717) is 40.5 Å². The number of carbonyl (C=O) groups excluding carboxylic acids is 2. The van der Waals surface area contributed by atoms with E-state index in [9.17, 15) is 9.59 Å². The van der Waals surface area contributed by atoms with Crippen LogP contribution in [-0.2, 0) is 18.2 Å². The number of hydrogen-bond acceptors (Lipinski definition) is 5. The molecule has 2 aromatic carbocycles. The fourth-order valence-corrected chi connectivity index (χ4v) is 5.03. The number of hydrogen-bond donors (Lipinski definition) is 1. The molecule has 2 fully saturated rings. The predicted octanol–water partition coefficient (Wildman–Crippen LogP) is 4.43. The molecule has 1 aromatic heterocycles. The van der Waals surface area contributed by atoms with E-state index in [0.717, 1.165) is 56.6 Å². The van der Waals surface area contributed by atoms with Gasteiger partial charge in [0.15, 0.2) is 0 Å². The fraction of sp³-hybridized carbons (Fsp3) is 0.464. The van der Waals surface area contributed by atoms with Crippen LogP contribution in [0.4, 0.5) is 5.69 Å². The summed E-state index contributed by atoms with van der Waals surface area (Å²) in [7, 11) is 3.48. The molecule has 1 aliphatic heterocycles. The first kappa shape index (κ1) is 24.3. The van der Waals surface area contributed by atoms with Crippen LogP contribution >= 0.6 is 0 Å². The molecule has 0 radical (unpaired) electrons. The number of ether oxygens (including phenoxy) is 2. The van der Waals surface area contributed by atoms with Crippen molar-refractivity contribution in [1.29, 1.82) is 0 Å². The monoisotopic (exact) mass is 490 g/mol. The van der Waals surface area contributed by atoms with Crippen LogP contribution in [0.2, 0.25) is 0 Å². The van der Waals surface area contributed by atoms with Gasteiger partial charge < -0.3 is 24.3 Å². The third-order valence-corrected chi connectivity index (χ3v) is 7.14. The maximum absolute atomic E-state index is 13.8. The van der Waals surface area contributed by atoms with Crippen molar-refractivity contribution >= 4 is 28.5 Å². The second-order valence-corrected chi connectivity index (χ2v) is 9.78. The van der Waals surface area contributed by atoms with Crippen LogP contribution in [0.15, 0.2) is 36.4 Å². The second kappa shape index (κ2) is 10.3. The first-order valence-electron chi connectivity index (χ1n) is 12.8. The lowest BCUT2D eigenvalue weighted by Crippen LogP contribution is -2.38. The van der Waals surface area contributed by atoms with Gasteiger partial charge in [0.25, 0.3) is 11.8 Å². The first-order chi connectivity index (χ1) is 17.5. The highest BCUT2D eigenvalue weighted by Gasteiger charge is 2.31. The third-order valence-electron chi connectivity index (χ3n) is 7.14. The van der Waals surface area contributed by atoms with Crippen molar-refractivity contribution in [2.45, 2.75) is 45.1 Å². The molecule has 3 aromatic rings. The third kappa shape index (κ3) is 4.95. The molecule has 8 heteroatoms. The van der Waals surface area contributed by atoms with Gasteiger partial charge in [-0.25, -0.2) is 4.98 Å². The van der Waals surface area contributed by atoms with Crippen LogP contribution in [0.5, 0.6) is 5.75 Å². The Hall–Kier alpha value is -3.39. The molecule has 2 aliphatic rings. The summed E-state index contributed by atoms with van der Waals surface area (Å²) in [4.78, 5) is 33.8. The van der Waals surface area contributed by atoms with Gasteiger partial charge in [-0.2, -0.15) is 0 Å². The van der Waals surface area contributed by atoms with Gasteiger partial charge >= 0.3 is 0 Å². The standard InChI is InChI=1S/C28H34N4O4/c1-4-25-29-22-14-19(28(34)32(16-18-11-12-18)17-20-8-7-13-36-20)15-23(26(22)31(25)2)30-27(33)21-9-5-6-10-24(21)35-3/h5-6,9-10,14-15,18,20H,4,7-8,11-13,16-17H2,1-3H3,(H,30,33)/t20-/m0/s1. The number of carbonyl (C=O) groups is 2. The number of aromatic nitrogens is 2. The zero-order valence-electron chi connectivity index (χ0n) is 21.3. The molecule has 2 heterocycles. The Morgan fingerprint density at radius 1 is 1.19 bits per heavy atom. The lowest BCUT2D eigenvalue weighted by atomic mass is 10.1. The summed E-state index contributed by atoms with van der Waals surface area (Å²) in [6.07, 6.45) is 5.16. The number of amides is 2. The van der Waals surface area contributed by atoms with Gasteiger partial charge in [0.05, 0.1) is 35.5 Å². The van der Waals surface area contributed by atoms with Crippen molar-refractivity contribution in [2.75, 3.05) is 32.1 Å². The molecule has 2 amide bonds. The quantitative estimate of drug-likeness (QED) is 0.480. The number of rotatable bonds is 9. The van der Waals surface area contributed by atoms with Gasteiger partial charge in [0.2, 0.25) is 0 Å². The van der Waals surface area contributed by atoms with Crippen LogP contribution in [0.3, 0.4) is 0 Å². The van der Waals surface area contributed by atoms with Crippen LogP contribution in [0.1, 0.15) is 59.1 Å². The van der Waals surface area contributed by atoms with E-state index in [-0.39, 0.29) is 17.9 Å². The predicted molar refractivity (Wildman–Crippen MR) is 139 cm³/mol. The van der Waals surface area contributed by atoms with Crippen LogP contribution in [-0.4, -0.2) is 59.2 Å². The van der Waals surface area contributed by atoms with Gasteiger partial charge in [-0.05, 0) is 55.9 Å². The van der Waals surface area contributed by atoms with Crippen molar-refractivity contribution < 1.29 is 19.1 Å². The smallest absolute Gasteiger partial charge is 0.259 e. The Labute approximate surface area is 211 Å². The zero-order valence-corrected chi connectivity index (χ0v) is 21.3. The summed E-state index contributed by atoms with van der Waals surface area (Å²) in [6, 6.07) is 10.7. The van der Waals surface area contributed by atoms with Gasteiger partial charge in [-0.3, -0.25) is 9.59 Å². The lowest BCUT2D eigenvalue weighted by molar-refractivity contribution is 0.0515. The number of methoxy groups -OCH3 is 1. The van der Waals surface area contributed by atoms with Gasteiger partial charge in [0, 0.05) is 38.7 Å². The van der Waals surface area contributed by atoms with E-state index in [1.165, 1.54) is 0 Å². The highest BCUT2D eigenvalue weighted by Crippen LogP contribution is 2.32. The minimum Gasteiger partial charge on any atom is -0.496 e. The fourth-order valence-electron chi connectivity index (χ4n) is 5.03. The van der Waals surface area contributed by atoms with E-state index < -0.39 is 0 Å². The number of para-hydroxylation sites is 1. The van der Waals surface area contributed by atoms with Crippen LogP contribution in [0, 0.1) is 5.92 Å². The number of aryl methyl sites for hydroxylation is 2. The Morgan fingerprint density at radius 2 is 2.00 bits per heavy atom. The topological polar surface area (TPSA) is 85.7 Å². The summed E-state index contributed by atoms with van der Waals surface area (Å²) in [6.45, 7) is 4.13. The Morgan fingerprint density at radius 3 is 2.69 bits per heavy atom. The molecule has 1 saturated carbocycles. The Balaban J connectivity index is 1.52. The number of benzene rings is 2. The minimum absolute atomic E-state index is 0.0456. The van der Waals surface area contributed by atoms with E-state index >= 15 is 0 Å². The molecule has 0 unspecified atom stereocenters. The Kier molecular flexibility index (Phi) is 6.96. The normalized spacial score (nSPS) is 17.4. The van der Waals surface area contributed by atoms with E-state index in [2.05, 4.69) is 5.32 Å². The summed E-state index contributed by atoms with van der Waals surface area (Å²) >= 11 is 0. The summed E-state index contributed by atoms with van der Waals surface area (Å²) < 4.78 is 13.2. The van der Waals surface area contributed by atoms with Crippen LogP contribution < -0.4 is 10.1 Å². The van der Waals surface area contributed by atoms with Crippen molar-refractivity contribution in [3.63, 3.8) is 0 Å².